The highest BCUT2D eigenvalue weighted by molar-refractivity contribution is 5.85. The number of hydrogen-bond donors (Lipinski definition) is 2. The SMILES string of the molecule is COc1nc(OC(C(F)(F)F)C(F)(F)F)c(F)cc1CNC(=O)C1CCCN1.Cl. The van der Waals surface area contributed by atoms with Crippen LogP contribution < -0.4 is 20.1 Å². The highest BCUT2D eigenvalue weighted by atomic mass is 35.5. The second-order valence-corrected chi connectivity index (χ2v) is 5.89. The molecule has 1 unspecified atom stereocenters. The summed E-state index contributed by atoms with van der Waals surface area (Å²) in [5, 5.41) is 5.39. The second-order valence-electron chi connectivity index (χ2n) is 5.89. The Morgan fingerprint density at radius 2 is 1.90 bits per heavy atom. The molecule has 1 amide bonds. The Labute approximate surface area is 166 Å². The van der Waals surface area contributed by atoms with Crippen molar-refractivity contribution in [3.05, 3.63) is 17.4 Å². The summed E-state index contributed by atoms with van der Waals surface area (Å²) in [6.45, 7) is 0.357. The molecule has 1 saturated heterocycles. The van der Waals surface area contributed by atoms with Gasteiger partial charge in [-0.05, 0) is 25.5 Å². The van der Waals surface area contributed by atoms with Crippen molar-refractivity contribution < 1.29 is 45.0 Å². The van der Waals surface area contributed by atoms with Crippen molar-refractivity contribution in [2.24, 2.45) is 0 Å². The number of halogens is 8. The number of carbonyl (C=O) groups excluding carboxylic acids is 1. The molecular weight excluding hydrogens is 439 g/mol. The Morgan fingerprint density at radius 3 is 2.38 bits per heavy atom. The minimum atomic E-state index is -5.83. The Kier molecular flexibility index (Phi) is 8.33. The molecular formula is C15H17ClF7N3O3. The fourth-order valence-electron chi connectivity index (χ4n) is 2.52. The van der Waals surface area contributed by atoms with E-state index in [4.69, 9.17) is 4.74 Å². The quantitative estimate of drug-likeness (QED) is 0.645. The zero-order valence-corrected chi connectivity index (χ0v) is 15.6. The average Bonchev–Trinajstić information content (AvgIpc) is 3.11. The average molecular weight is 456 g/mol. The van der Waals surface area contributed by atoms with Crippen molar-refractivity contribution in [3.63, 3.8) is 0 Å². The van der Waals surface area contributed by atoms with E-state index in [-0.39, 0.29) is 24.5 Å². The standard InChI is InChI=1S/C15H16F7N3O3.ClH/c1-27-11-7(6-24-10(26)9-3-2-4-23-9)5-8(16)12(25-11)28-13(14(17,18)19)15(20,21)22;/h5,9,13,23H,2-4,6H2,1H3,(H,24,26);1H. The van der Waals surface area contributed by atoms with Gasteiger partial charge in [0.1, 0.15) is 0 Å². The maximum Gasteiger partial charge on any atom is 0.434 e. The molecule has 14 heteroatoms. The summed E-state index contributed by atoms with van der Waals surface area (Å²) in [5.74, 6) is -3.97. The molecule has 0 aliphatic carbocycles. The second kappa shape index (κ2) is 9.65. The van der Waals surface area contributed by atoms with Crippen molar-refractivity contribution in [3.8, 4) is 11.8 Å². The lowest BCUT2D eigenvalue weighted by Gasteiger charge is -2.23. The van der Waals surface area contributed by atoms with Gasteiger partial charge in [0.25, 0.3) is 12.0 Å². The van der Waals surface area contributed by atoms with Crippen LogP contribution in [0.5, 0.6) is 11.8 Å². The number of hydrogen-bond acceptors (Lipinski definition) is 5. The van der Waals surface area contributed by atoms with Crippen LogP contribution in [0.4, 0.5) is 30.7 Å². The summed E-state index contributed by atoms with van der Waals surface area (Å²) < 4.78 is 98.0. The largest absolute Gasteiger partial charge is 0.481 e. The number of nitrogens with one attached hydrogen (secondary N) is 2. The van der Waals surface area contributed by atoms with Crippen molar-refractivity contribution in [1.82, 2.24) is 15.6 Å². The molecule has 0 spiro atoms. The minimum Gasteiger partial charge on any atom is -0.481 e. The van der Waals surface area contributed by atoms with E-state index >= 15 is 0 Å². The number of pyridine rings is 1. The summed E-state index contributed by atoms with van der Waals surface area (Å²) in [6.07, 6.45) is -14.5. The first kappa shape index (κ1) is 25.0. The Hall–Kier alpha value is -2.02. The van der Waals surface area contributed by atoms with Gasteiger partial charge in [-0.2, -0.15) is 31.3 Å². The third kappa shape index (κ3) is 6.49. The van der Waals surface area contributed by atoms with Gasteiger partial charge in [-0.3, -0.25) is 4.79 Å². The molecule has 1 atom stereocenters. The first-order chi connectivity index (χ1) is 12.9. The molecule has 6 nitrogen and oxygen atoms in total. The van der Waals surface area contributed by atoms with Crippen molar-refractivity contribution >= 4 is 18.3 Å². The summed E-state index contributed by atoms with van der Waals surface area (Å²) in [6, 6.07) is 0.151. The van der Waals surface area contributed by atoms with E-state index in [0.29, 0.717) is 19.0 Å². The van der Waals surface area contributed by atoms with Gasteiger partial charge in [-0.15, -0.1) is 12.4 Å². The first-order valence-electron chi connectivity index (χ1n) is 7.98. The van der Waals surface area contributed by atoms with Gasteiger partial charge in [0.2, 0.25) is 11.8 Å². The lowest BCUT2D eigenvalue weighted by Crippen LogP contribution is -2.46. The van der Waals surface area contributed by atoms with E-state index in [0.717, 1.165) is 13.5 Å². The molecule has 166 valence electrons. The van der Waals surface area contributed by atoms with Crippen LogP contribution in [0.15, 0.2) is 6.07 Å². The van der Waals surface area contributed by atoms with Crippen molar-refractivity contribution in [2.45, 2.75) is 43.9 Å². The van der Waals surface area contributed by atoms with Gasteiger partial charge in [-0.1, -0.05) is 0 Å². The van der Waals surface area contributed by atoms with E-state index < -0.39 is 48.0 Å². The summed E-state index contributed by atoms with van der Waals surface area (Å²) in [5.41, 5.74) is -0.0886. The number of carbonyl (C=O) groups is 1. The predicted molar refractivity (Wildman–Crippen MR) is 87.4 cm³/mol. The van der Waals surface area contributed by atoms with Crippen LogP contribution >= 0.6 is 12.4 Å². The van der Waals surface area contributed by atoms with E-state index in [1.54, 1.807) is 0 Å². The van der Waals surface area contributed by atoms with Crippen LogP contribution in [0.2, 0.25) is 0 Å². The zero-order chi connectivity index (χ0) is 21.1. The van der Waals surface area contributed by atoms with E-state index in [1.165, 1.54) is 0 Å². The van der Waals surface area contributed by atoms with Gasteiger partial charge in [0.05, 0.1) is 13.2 Å². The van der Waals surface area contributed by atoms with Crippen LogP contribution in [0, 0.1) is 5.82 Å². The zero-order valence-electron chi connectivity index (χ0n) is 14.8. The minimum absolute atomic E-state index is 0. The predicted octanol–water partition coefficient (Wildman–Crippen LogP) is 2.89. The van der Waals surface area contributed by atoms with Gasteiger partial charge in [0, 0.05) is 12.1 Å². The molecule has 1 aromatic rings. The topological polar surface area (TPSA) is 72.5 Å². The van der Waals surface area contributed by atoms with E-state index in [2.05, 4.69) is 20.4 Å². The fraction of sp³-hybridized carbons (Fsp3) is 0.600. The highest BCUT2D eigenvalue weighted by Gasteiger charge is 2.59. The van der Waals surface area contributed by atoms with Gasteiger partial charge in [0.15, 0.2) is 5.82 Å². The number of ether oxygens (including phenoxy) is 2. The van der Waals surface area contributed by atoms with Crippen LogP contribution in [-0.2, 0) is 11.3 Å². The smallest absolute Gasteiger partial charge is 0.434 e. The molecule has 29 heavy (non-hydrogen) atoms. The van der Waals surface area contributed by atoms with Gasteiger partial charge in [-0.25, -0.2) is 4.39 Å². The molecule has 2 N–H and O–H groups in total. The van der Waals surface area contributed by atoms with Crippen LogP contribution in [0.25, 0.3) is 0 Å². The Bertz CT molecular complexity index is 696. The monoisotopic (exact) mass is 455 g/mol. The lowest BCUT2D eigenvalue weighted by atomic mass is 10.2. The van der Waals surface area contributed by atoms with E-state index in [1.807, 2.05) is 0 Å². The molecule has 1 aromatic heterocycles. The third-order valence-electron chi connectivity index (χ3n) is 3.83. The van der Waals surface area contributed by atoms with E-state index in [9.17, 15) is 35.5 Å². The molecule has 1 fully saturated rings. The number of amides is 1. The van der Waals surface area contributed by atoms with Crippen LogP contribution in [0.3, 0.4) is 0 Å². The maximum atomic E-state index is 14.0. The molecule has 2 rings (SSSR count). The Morgan fingerprint density at radius 1 is 1.28 bits per heavy atom. The summed E-state index contributed by atoms with van der Waals surface area (Å²) in [7, 11) is 1.03. The molecule has 1 aliphatic rings. The summed E-state index contributed by atoms with van der Waals surface area (Å²) in [4.78, 5) is 15.2. The summed E-state index contributed by atoms with van der Waals surface area (Å²) >= 11 is 0. The number of rotatable bonds is 6. The Balaban J connectivity index is 0.00000420. The fourth-order valence-corrected chi connectivity index (χ4v) is 2.52. The lowest BCUT2D eigenvalue weighted by molar-refractivity contribution is -0.300. The maximum absolute atomic E-state index is 14.0. The number of methoxy groups -OCH3 is 1. The van der Waals surface area contributed by atoms with Crippen LogP contribution in [0.1, 0.15) is 18.4 Å². The number of nitrogens with zero attached hydrogens (tertiary/aromatic N) is 1. The third-order valence-corrected chi connectivity index (χ3v) is 3.83. The molecule has 2 heterocycles. The first-order valence-corrected chi connectivity index (χ1v) is 7.98. The number of alkyl halides is 6. The van der Waals surface area contributed by atoms with Crippen molar-refractivity contribution in [1.29, 1.82) is 0 Å². The molecule has 0 bridgehead atoms. The van der Waals surface area contributed by atoms with Crippen LogP contribution in [-0.4, -0.2) is 49.0 Å². The highest BCUT2D eigenvalue weighted by Crippen LogP contribution is 2.37. The van der Waals surface area contributed by atoms with Gasteiger partial charge >= 0.3 is 12.4 Å². The molecule has 0 radical (unpaired) electrons. The van der Waals surface area contributed by atoms with Crippen molar-refractivity contribution in [2.75, 3.05) is 13.7 Å². The number of aromatic nitrogens is 1. The molecule has 0 aromatic carbocycles. The van der Waals surface area contributed by atoms with Gasteiger partial charge < -0.3 is 20.1 Å². The normalized spacial score (nSPS) is 17.1. The molecule has 1 aliphatic heterocycles. The molecule has 0 saturated carbocycles.